The van der Waals surface area contributed by atoms with Gasteiger partial charge in [-0.2, -0.15) is 15.4 Å². The van der Waals surface area contributed by atoms with Gasteiger partial charge in [-0.05, 0) is 49.3 Å². The van der Waals surface area contributed by atoms with Crippen LogP contribution in [0.3, 0.4) is 0 Å². The topological polar surface area (TPSA) is 70.7 Å². The fourth-order valence-electron chi connectivity index (χ4n) is 4.25. The lowest BCUT2D eigenvalue weighted by molar-refractivity contribution is 0.0879. The van der Waals surface area contributed by atoms with Crippen molar-refractivity contribution in [3.63, 3.8) is 0 Å². The number of H-pyrrole nitrogens is 1. The molecule has 1 aromatic carbocycles. The molecule has 5 nitrogen and oxygen atoms in total. The van der Waals surface area contributed by atoms with Crippen LogP contribution in [0.25, 0.3) is 11.0 Å². The van der Waals surface area contributed by atoms with Gasteiger partial charge in [-0.15, -0.1) is 0 Å². The molecule has 0 bridgehead atoms. The lowest BCUT2D eigenvalue weighted by Gasteiger charge is -2.39. The largest absolute Gasteiger partial charge is 0.349 e. The van der Waals surface area contributed by atoms with Crippen molar-refractivity contribution in [1.82, 2.24) is 20.7 Å². The smallest absolute Gasteiger partial charge is 0.251 e. The van der Waals surface area contributed by atoms with Gasteiger partial charge >= 0.3 is 0 Å². The van der Waals surface area contributed by atoms with Crippen molar-refractivity contribution in [2.45, 2.75) is 51.0 Å². The van der Waals surface area contributed by atoms with E-state index in [9.17, 15) is 4.79 Å². The van der Waals surface area contributed by atoms with E-state index in [2.05, 4.69) is 20.7 Å². The van der Waals surface area contributed by atoms with Gasteiger partial charge in [-0.1, -0.05) is 25.7 Å². The van der Waals surface area contributed by atoms with E-state index < -0.39 is 0 Å². The van der Waals surface area contributed by atoms with E-state index in [1.165, 1.54) is 32.1 Å². The Balaban J connectivity index is 1.43. The summed E-state index contributed by atoms with van der Waals surface area (Å²) in [6, 6.07) is 5.80. The lowest BCUT2D eigenvalue weighted by atomic mass is 9.69. The number of carbonyl (C=O) groups excluding carboxylic acids is 1. The summed E-state index contributed by atoms with van der Waals surface area (Å²) in [5.74, 6) is 1.75. The molecule has 2 saturated carbocycles. The average Bonchev–Trinajstić information content (AvgIpc) is 3.02. The number of benzene rings is 1. The van der Waals surface area contributed by atoms with E-state index in [1.54, 1.807) is 6.07 Å². The lowest BCUT2D eigenvalue weighted by Crippen LogP contribution is -2.41. The van der Waals surface area contributed by atoms with Gasteiger partial charge in [0.25, 0.3) is 5.91 Å². The Labute approximate surface area is 129 Å². The molecule has 0 spiro atoms. The quantitative estimate of drug-likeness (QED) is 0.895. The van der Waals surface area contributed by atoms with Crippen molar-refractivity contribution >= 4 is 16.9 Å². The molecule has 22 heavy (non-hydrogen) atoms. The first-order valence-electron chi connectivity index (χ1n) is 8.41. The van der Waals surface area contributed by atoms with Crippen LogP contribution in [-0.2, 0) is 0 Å². The zero-order valence-electron chi connectivity index (χ0n) is 12.7. The standard InChI is InChI=1S/C17H22N4O/c22-17(13-6-8-15-16(10-13)20-21-19-15)18-14-7-5-11-3-1-2-4-12(11)9-14/h6,8,10-12,14H,1-5,7,9H2,(H,18,22)(H,19,20,21). The molecule has 0 aliphatic heterocycles. The summed E-state index contributed by atoms with van der Waals surface area (Å²) in [5, 5.41) is 13.9. The van der Waals surface area contributed by atoms with E-state index in [4.69, 9.17) is 0 Å². The molecule has 0 radical (unpaired) electrons. The van der Waals surface area contributed by atoms with Crippen LogP contribution < -0.4 is 5.32 Å². The fraction of sp³-hybridized carbons (Fsp3) is 0.588. The maximum absolute atomic E-state index is 12.5. The number of aromatic amines is 1. The molecule has 2 N–H and O–H groups in total. The number of aromatic nitrogens is 3. The minimum atomic E-state index is 0.0177. The molecule has 2 fully saturated rings. The summed E-state index contributed by atoms with van der Waals surface area (Å²) in [7, 11) is 0. The highest BCUT2D eigenvalue weighted by Gasteiger charge is 2.32. The second-order valence-corrected chi connectivity index (χ2v) is 6.82. The predicted molar refractivity (Wildman–Crippen MR) is 84.4 cm³/mol. The van der Waals surface area contributed by atoms with Gasteiger partial charge in [0.2, 0.25) is 0 Å². The van der Waals surface area contributed by atoms with Crippen molar-refractivity contribution < 1.29 is 4.79 Å². The van der Waals surface area contributed by atoms with Crippen molar-refractivity contribution in [3.05, 3.63) is 23.8 Å². The average molecular weight is 298 g/mol. The van der Waals surface area contributed by atoms with E-state index in [1.807, 2.05) is 12.1 Å². The highest BCUT2D eigenvalue weighted by Crippen LogP contribution is 2.40. The highest BCUT2D eigenvalue weighted by molar-refractivity contribution is 5.97. The van der Waals surface area contributed by atoms with Gasteiger partial charge < -0.3 is 5.32 Å². The monoisotopic (exact) mass is 298 g/mol. The third-order valence-corrected chi connectivity index (χ3v) is 5.45. The third kappa shape index (κ3) is 2.60. The molecule has 1 heterocycles. The van der Waals surface area contributed by atoms with Crippen molar-refractivity contribution in [2.24, 2.45) is 11.8 Å². The van der Waals surface area contributed by atoms with Crippen LogP contribution in [-0.4, -0.2) is 27.4 Å². The Kier molecular flexibility index (Phi) is 3.56. The number of amides is 1. The molecular weight excluding hydrogens is 276 g/mol. The number of hydrogen-bond acceptors (Lipinski definition) is 3. The molecule has 5 heteroatoms. The van der Waals surface area contributed by atoms with Crippen LogP contribution in [0.4, 0.5) is 0 Å². The van der Waals surface area contributed by atoms with Gasteiger partial charge in [0.1, 0.15) is 11.0 Å². The Morgan fingerprint density at radius 1 is 1.05 bits per heavy atom. The van der Waals surface area contributed by atoms with Crippen LogP contribution >= 0.6 is 0 Å². The van der Waals surface area contributed by atoms with Crippen LogP contribution in [0.1, 0.15) is 55.3 Å². The third-order valence-electron chi connectivity index (χ3n) is 5.45. The second kappa shape index (κ2) is 5.71. The number of rotatable bonds is 2. The zero-order valence-corrected chi connectivity index (χ0v) is 12.7. The van der Waals surface area contributed by atoms with Crippen molar-refractivity contribution in [1.29, 1.82) is 0 Å². The van der Waals surface area contributed by atoms with E-state index >= 15 is 0 Å². The SMILES string of the molecule is O=C(NC1CCC2CCCCC2C1)c1ccc2n[nH]nc2c1. The maximum Gasteiger partial charge on any atom is 0.251 e. The summed E-state index contributed by atoms with van der Waals surface area (Å²) >= 11 is 0. The molecule has 2 aromatic rings. The Hall–Kier alpha value is -1.91. The van der Waals surface area contributed by atoms with Gasteiger partial charge in [0, 0.05) is 11.6 Å². The summed E-state index contributed by atoms with van der Waals surface area (Å²) in [6.07, 6.45) is 9.07. The summed E-state index contributed by atoms with van der Waals surface area (Å²) in [5.41, 5.74) is 2.20. The molecule has 2 aliphatic rings. The fourth-order valence-corrected chi connectivity index (χ4v) is 4.25. The minimum Gasteiger partial charge on any atom is -0.349 e. The van der Waals surface area contributed by atoms with Crippen LogP contribution in [0.5, 0.6) is 0 Å². The highest BCUT2D eigenvalue weighted by atomic mass is 16.1. The van der Waals surface area contributed by atoms with E-state index in [-0.39, 0.29) is 5.91 Å². The van der Waals surface area contributed by atoms with E-state index in [0.717, 1.165) is 35.7 Å². The molecule has 1 aromatic heterocycles. The van der Waals surface area contributed by atoms with Crippen LogP contribution in [0, 0.1) is 11.8 Å². The van der Waals surface area contributed by atoms with Crippen molar-refractivity contribution in [3.8, 4) is 0 Å². The van der Waals surface area contributed by atoms with Crippen LogP contribution in [0.2, 0.25) is 0 Å². The minimum absolute atomic E-state index is 0.0177. The molecule has 3 unspecified atom stereocenters. The molecule has 2 aliphatic carbocycles. The first kappa shape index (κ1) is 13.7. The van der Waals surface area contributed by atoms with Gasteiger partial charge in [0.15, 0.2) is 0 Å². The molecule has 1 amide bonds. The first-order chi connectivity index (χ1) is 10.8. The Bertz CT molecular complexity index is 680. The second-order valence-electron chi connectivity index (χ2n) is 6.82. The number of nitrogens with one attached hydrogen (secondary N) is 2. The molecule has 116 valence electrons. The first-order valence-corrected chi connectivity index (χ1v) is 8.41. The van der Waals surface area contributed by atoms with Crippen LogP contribution in [0.15, 0.2) is 18.2 Å². The number of nitrogens with zero attached hydrogens (tertiary/aromatic N) is 2. The predicted octanol–water partition coefficient (Wildman–Crippen LogP) is 3.05. The molecule has 4 rings (SSSR count). The maximum atomic E-state index is 12.5. The van der Waals surface area contributed by atoms with Gasteiger partial charge in [-0.3, -0.25) is 4.79 Å². The van der Waals surface area contributed by atoms with Crippen molar-refractivity contribution in [2.75, 3.05) is 0 Å². The number of carbonyl (C=O) groups is 1. The summed E-state index contributed by atoms with van der Waals surface area (Å²) < 4.78 is 0. The van der Waals surface area contributed by atoms with Gasteiger partial charge in [0.05, 0.1) is 0 Å². The Morgan fingerprint density at radius 2 is 1.86 bits per heavy atom. The summed E-state index contributed by atoms with van der Waals surface area (Å²) in [6.45, 7) is 0. The normalized spacial score (nSPS) is 28.3. The zero-order chi connectivity index (χ0) is 14.9. The van der Waals surface area contributed by atoms with E-state index in [0.29, 0.717) is 11.6 Å². The number of fused-ring (bicyclic) bond motifs is 2. The molecular formula is C17H22N4O. The number of hydrogen-bond donors (Lipinski definition) is 2. The Morgan fingerprint density at radius 3 is 2.77 bits per heavy atom. The summed E-state index contributed by atoms with van der Waals surface area (Å²) in [4.78, 5) is 12.5. The molecule has 0 saturated heterocycles. The van der Waals surface area contributed by atoms with Gasteiger partial charge in [-0.25, -0.2) is 0 Å². The molecule has 3 atom stereocenters.